The highest BCUT2D eigenvalue weighted by molar-refractivity contribution is 5.57. The summed E-state index contributed by atoms with van der Waals surface area (Å²) in [5.74, 6) is 2.08. The summed E-state index contributed by atoms with van der Waals surface area (Å²) in [6.45, 7) is 0.555. The standard InChI is InChI=1S/C21H23N5O/c1-2-6-16(7-3-1)15-27-19-12-10-18(11-13-19)23-20-14-22-26-21(25-20)24-17-8-4-5-9-17/h1-3,6-7,10-14,17H,4-5,8-9,15H2,(H2,23,24,25,26). The van der Waals surface area contributed by atoms with Crippen LogP contribution < -0.4 is 15.4 Å². The molecule has 3 aromatic rings. The Kier molecular flexibility index (Phi) is 5.43. The van der Waals surface area contributed by atoms with Crippen molar-refractivity contribution in [1.82, 2.24) is 15.2 Å². The van der Waals surface area contributed by atoms with E-state index in [0.717, 1.165) is 17.0 Å². The number of anilines is 3. The lowest BCUT2D eigenvalue weighted by atomic mass is 10.2. The topological polar surface area (TPSA) is 72.0 Å². The minimum Gasteiger partial charge on any atom is -0.489 e. The molecule has 1 saturated carbocycles. The van der Waals surface area contributed by atoms with E-state index >= 15 is 0 Å². The number of hydrogen-bond donors (Lipinski definition) is 2. The minimum absolute atomic E-state index is 0.461. The van der Waals surface area contributed by atoms with Gasteiger partial charge in [-0.1, -0.05) is 43.2 Å². The van der Waals surface area contributed by atoms with E-state index in [-0.39, 0.29) is 0 Å². The molecule has 4 rings (SSSR count). The lowest BCUT2D eigenvalue weighted by Crippen LogP contribution is -2.17. The van der Waals surface area contributed by atoms with Crippen LogP contribution >= 0.6 is 0 Å². The summed E-state index contributed by atoms with van der Waals surface area (Å²) >= 11 is 0. The van der Waals surface area contributed by atoms with Crippen molar-refractivity contribution in [3.8, 4) is 5.75 Å². The first-order valence-corrected chi connectivity index (χ1v) is 9.35. The number of rotatable bonds is 7. The summed E-state index contributed by atoms with van der Waals surface area (Å²) < 4.78 is 5.81. The molecule has 0 spiro atoms. The van der Waals surface area contributed by atoms with Gasteiger partial charge < -0.3 is 15.4 Å². The van der Waals surface area contributed by atoms with Crippen LogP contribution in [0.3, 0.4) is 0 Å². The SMILES string of the molecule is c1ccc(COc2ccc(Nc3cnnc(NC4CCCC4)n3)cc2)cc1. The number of hydrogen-bond acceptors (Lipinski definition) is 6. The predicted octanol–water partition coefficient (Wildman–Crippen LogP) is 4.55. The van der Waals surface area contributed by atoms with E-state index in [1.165, 1.54) is 25.7 Å². The van der Waals surface area contributed by atoms with Crippen LogP contribution in [0.25, 0.3) is 0 Å². The molecule has 6 nitrogen and oxygen atoms in total. The third kappa shape index (κ3) is 4.94. The molecule has 2 N–H and O–H groups in total. The van der Waals surface area contributed by atoms with Crippen molar-refractivity contribution in [2.24, 2.45) is 0 Å². The van der Waals surface area contributed by atoms with Gasteiger partial charge in [0.2, 0.25) is 5.95 Å². The molecule has 0 radical (unpaired) electrons. The quantitative estimate of drug-likeness (QED) is 0.643. The average molecular weight is 361 g/mol. The van der Waals surface area contributed by atoms with Crippen LogP contribution in [0.15, 0.2) is 60.8 Å². The largest absolute Gasteiger partial charge is 0.489 e. The molecule has 1 fully saturated rings. The van der Waals surface area contributed by atoms with Gasteiger partial charge >= 0.3 is 0 Å². The van der Waals surface area contributed by atoms with E-state index in [4.69, 9.17) is 4.74 Å². The maximum atomic E-state index is 5.81. The van der Waals surface area contributed by atoms with Gasteiger partial charge in [0.05, 0.1) is 6.20 Å². The van der Waals surface area contributed by atoms with E-state index in [0.29, 0.717) is 24.4 Å². The Hall–Kier alpha value is -3.15. The highest BCUT2D eigenvalue weighted by atomic mass is 16.5. The molecule has 1 aliphatic carbocycles. The fourth-order valence-corrected chi connectivity index (χ4v) is 3.20. The van der Waals surface area contributed by atoms with Gasteiger partial charge in [-0.2, -0.15) is 10.1 Å². The van der Waals surface area contributed by atoms with Gasteiger partial charge in [-0.3, -0.25) is 0 Å². The molecule has 0 atom stereocenters. The van der Waals surface area contributed by atoms with Gasteiger partial charge in [0.1, 0.15) is 12.4 Å². The minimum atomic E-state index is 0.461. The fraction of sp³-hybridized carbons (Fsp3) is 0.286. The zero-order valence-electron chi connectivity index (χ0n) is 15.1. The Balaban J connectivity index is 1.34. The maximum Gasteiger partial charge on any atom is 0.244 e. The molecule has 0 bridgehead atoms. The van der Waals surface area contributed by atoms with Crippen LogP contribution in [0, 0.1) is 0 Å². The Bertz CT molecular complexity index is 848. The van der Waals surface area contributed by atoms with Crippen LogP contribution in [-0.2, 0) is 6.61 Å². The highest BCUT2D eigenvalue weighted by Gasteiger charge is 2.15. The van der Waals surface area contributed by atoms with Crippen molar-refractivity contribution in [3.63, 3.8) is 0 Å². The number of benzene rings is 2. The van der Waals surface area contributed by atoms with Crippen molar-refractivity contribution < 1.29 is 4.74 Å². The fourth-order valence-electron chi connectivity index (χ4n) is 3.20. The van der Waals surface area contributed by atoms with Crippen molar-refractivity contribution in [1.29, 1.82) is 0 Å². The van der Waals surface area contributed by atoms with Gasteiger partial charge in [-0.15, -0.1) is 5.10 Å². The second kappa shape index (κ2) is 8.49. The first kappa shape index (κ1) is 17.3. The van der Waals surface area contributed by atoms with Gasteiger partial charge in [-0.25, -0.2) is 0 Å². The lowest BCUT2D eigenvalue weighted by molar-refractivity contribution is 0.306. The predicted molar refractivity (Wildman–Crippen MR) is 106 cm³/mol. The third-order valence-corrected chi connectivity index (χ3v) is 4.62. The molecular formula is C21H23N5O. The number of nitrogens with one attached hydrogen (secondary N) is 2. The molecule has 0 unspecified atom stereocenters. The molecule has 0 amide bonds. The van der Waals surface area contributed by atoms with Gasteiger partial charge in [0.25, 0.3) is 0 Å². The molecular weight excluding hydrogens is 338 g/mol. The monoisotopic (exact) mass is 361 g/mol. The molecule has 6 heteroatoms. The van der Waals surface area contributed by atoms with Crippen molar-refractivity contribution in [3.05, 3.63) is 66.4 Å². The summed E-state index contributed by atoms with van der Waals surface area (Å²) in [4.78, 5) is 4.50. The summed E-state index contributed by atoms with van der Waals surface area (Å²) in [5.41, 5.74) is 2.07. The second-order valence-corrected chi connectivity index (χ2v) is 6.71. The maximum absolute atomic E-state index is 5.81. The molecule has 1 heterocycles. The first-order chi connectivity index (χ1) is 13.3. The second-order valence-electron chi connectivity index (χ2n) is 6.71. The van der Waals surface area contributed by atoms with Crippen LogP contribution in [0.1, 0.15) is 31.2 Å². The Morgan fingerprint density at radius 3 is 2.52 bits per heavy atom. The summed E-state index contributed by atoms with van der Waals surface area (Å²) in [6, 6.07) is 18.4. The molecule has 27 heavy (non-hydrogen) atoms. The summed E-state index contributed by atoms with van der Waals surface area (Å²) in [7, 11) is 0. The van der Waals surface area contributed by atoms with Crippen LogP contribution in [-0.4, -0.2) is 21.2 Å². The van der Waals surface area contributed by atoms with Gasteiger partial charge in [0, 0.05) is 11.7 Å². The van der Waals surface area contributed by atoms with E-state index in [9.17, 15) is 0 Å². The summed E-state index contributed by atoms with van der Waals surface area (Å²) in [5, 5.41) is 14.7. The molecule has 0 saturated heterocycles. The van der Waals surface area contributed by atoms with Crippen LogP contribution in [0.4, 0.5) is 17.5 Å². The van der Waals surface area contributed by atoms with E-state index < -0.39 is 0 Å². The first-order valence-electron chi connectivity index (χ1n) is 9.35. The van der Waals surface area contributed by atoms with Crippen LogP contribution in [0.2, 0.25) is 0 Å². The molecule has 1 aromatic heterocycles. The van der Waals surface area contributed by atoms with Gasteiger partial charge in [0.15, 0.2) is 5.82 Å². The van der Waals surface area contributed by atoms with Gasteiger partial charge in [-0.05, 0) is 42.7 Å². The molecule has 1 aliphatic rings. The van der Waals surface area contributed by atoms with Crippen molar-refractivity contribution >= 4 is 17.5 Å². The summed E-state index contributed by atoms with van der Waals surface area (Å²) in [6.07, 6.45) is 6.50. The van der Waals surface area contributed by atoms with Crippen molar-refractivity contribution in [2.75, 3.05) is 10.6 Å². The zero-order chi connectivity index (χ0) is 18.3. The third-order valence-electron chi connectivity index (χ3n) is 4.62. The smallest absolute Gasteiger partial charge is 0.244 e. The van der Waals surface area contributed by atoms with E-state index in [1.54, 1.807) is 6.20 Å². The Morgan fingerprint density at radius 1 is 0.963 bits per heavy atom. The highest BCUT2D eigenvalue weighted by Crippen LogP contribution is 2.22. The molecule has 0 aliphatic heterocycles. The zero-order valence-corrected chi connectivity index (χ0v) is 15.1. The number of aromatic nitrogens is 3. The normalized spacial score (nSPS) is 14.1. The molecule has 138 valence electrons. The number of nitrogens with zero attached hydrogens (tertiary/aromatic N) is 3. The van der Waals surface area contributed by atoms with Crippen molar-refractivity contribution in [2.45, 2.75) is 38.3 Å². The Labute approximate surface area is 159 Å². The molecule has 2 aromatic carbocycles. The van der Waals surface area contributed by atoms with E-state index in [1.807, 2.05) is 42.5 Å². The Morgan fingerprint density at radius 2 is 1.74 bits per heavy atom. The van der Waals surface area contributed by atoms with E-state index in [2.05, 4.69) is 37.9 Å². The van der Waals surface area contributed by atoms with Crippen LogP contribution in [0.5, 0.6) is 5.75 Å². The lowest BCUT2D eigenvalue weighted by Gasteiger charge is -2.12. The number of ether oxygens (including phenoxy) is 1. The average Bonchev–Trinajstić information content (AvgIpc) is 3.22.